The molecule has 1 saturated heterocycles. The molecule has 1 saturated carbocycles. The zero-order valence-corrected chi connectivity index (χ0v) is 16.0. The van der Waals surface area contributed by atoms with Crippen LogP contribution in [0.3, 0.4) is 0 Å². The quantitative estimate of drug-likeness (QED) is 0.558. The maximum atomic E-state index is 12.6. The number of hydrogen-bond donors (Lipinski definition) is 0. The van der Waals surface area contributed by atoms with Crippen LogP contribution < -0.4 is 0 Å². The molecule has 1 aromatic rings. The largest absolute Gasteiger partial charge is 0.464 e. The van der Waals surface area contributed by atoms with Gasteiger partial charge in [-0.15, -0.1) is 0 Å². The van der Waals surface area contributed by atoms with Crippen molar-refractivity contribution in [2.24, 2.45) is 0 Å². The van der Waals surface area contributed by atoms with Crippen LogP contribution in [0.5, 0.6) is 0 Å². The molecular formula is C21H30N2O4. The van der Waals surface area contributed by atoms with E-state index in [0.717, 1.165) is 56.9 Å². The number of ether oxygens (including phenoxy) is 2. The van der Waals surface area contributed by atoms with Crippen LogP contribution in [0.1, 0.15) is 63.4 Å². The number of nitrogens with zero attached hydrogens (tertiary/aromatic N) is 2. The van der Waals surface area contributed by atoms with Crippen LogP contribution in [-0.2, 0) is 20.7 Å². The number of rotatable bonds is 6. The second kappa shape index (κ2) is 10.3. The predicted molar refractivity (Wildman–Crippen MR) is 101 cm³/mol. The third-order valence-electron chi connectivity index (χ3n) is 5.41. The molecule has 1 unspecified atom stereocenters. The van der Waals surface area contributed by atoms with Gasteiger partial charge in [-0.05, 0) is 69.4 Å². The van der Waals surface area contributed by atoms with Gasteiger partial charge in [0.2, 0.25) is 0 Å². The Labute approximate surface area is 161 Å². The zero-order valence-electron chi connectivity index (χ0n) is 16.0. The molecule has 1 aromatic heterocycles. The van der Waals surface area contributed by atoms with E-state index in [1.165, 1.54) is 6.42 Å². The summed E-state index contributed by atoms with van der Waals surface area (Å²) in [5.41, 5.74) is 1.13. The Kier molecular flexibility index (Phi) is 7.48. The van der Waals surface area contributed by atoms with E-state index < -0.39 is 6.04 Å². The molecule has 1 aliphatic carbocycles. The smallest absolute Gasteiger partial charge is 0.410 e. The molecule has 1 atom stereocenters. The molecule has 1 aliphatic heterocycles. The summed E-state index contributed by atoms with van der Waals surface area (Å²) in [4.78, 5) is 30.8. The summed E-state index contributed by atoms with van der Waals surface area (Å²) in [7, 11) is 0. The summed E-state index contributed by atoms with van der Waals surface area (Å²) in [6.45, 7) is 0.927. The normalized spacial score (nSPS) is 20.9. The average molecular weight is 374 g/mol. The van der Waals surface area contributed by atoms with Crippen molar-refractivity contribution in [3.8, 4) is 0 Å². The van der Waals surface area contributed by atoms with E-state index in [1.54, 1.807) is 11.1 Å². The lowest BCUT2D eigenvalue weighted by Crippen LogP contribution is -2.49. The Morgan fingerprint density at radius 1 is 1.11 bits per heavy atom. The van der Waals surface area contributed by atoms with Crippen molar-refractivity contribution < 1.29 is 19.1 Å². The van der Waals surface area contributed by atoms with Crippen LogP contribution in [0.4, 0.5) is 4.79 Å². The topological polar surface area (TPSA) is 68.7 Å². The number of aromatic nitrogens is 1. The second-order valence-corrected chi connectivity index (χ2v) is 7.48. The minimum Gasteiger partial charge on any atom is -0.464 e. The highest BCUT2D eigenvalue weighted by atomic mass is 16.6. The summed E-state index contributed by atoms with van der Waals surface area (Å²) in [6, 6.07) is 3.41. The van der Waals surface area contributed by atoms with Crippen molar-refractivity contribution >= 4 is 12.1 Å². The summed E-state index contributed by atoms with van der Waals surface area (Å²) >= 11 is 0. The van der Waals surface area contributed by atoms with Gasteiger partial charge in [0.25, 0.3) is 0 Å². The molecule has 0 bridgehead atoms. The number of aryl methyl sites for hydroxylation is 1. The summed E-state index contributed by atoms with van der Waals surface area (Å²) in [6.07, 6.45) is 12.6. The number of esters is 1. The molecule has 1 amide bonds. The first-order valence-corrected chi connectivity index (χ1v) is 10.3. The lowest BCUT2D eigenvalue weighted by molar-refractivity contribution is -0.151. The number of piperidine rings is 1. The number of likely N-dealkylation sites (tertiary alicyclic amines) is 1. The minimum atomic E-state index is -0.506. The van der Waals surface area contributed by atoms with Gasteiger partial charge < -0.3 is 9.47 Å². The van der Waals surface area contributed by atoms with Crippen LogP contribution >= 0.6 is 0 Å². The fraction of sp³-hybridized carbons (Fsp3) is 0.667. The molecule has 0 N–H and O–H groups in total. The van der Waals surface area contributed by atoms with Crippen LogP contribution in [0, 0.1) is 0 Å². The molecule has 0 radical (unpaired) electrons. The fourth-order valence-corrected chi connectivity index (χ4v) is 3.88. The molecule has 148 valence electrons. The molecule has 2 fully saturated rings. The molecule has 0 aromatic carbocycles. The molecule has 6 heteroatoms. The minimum absolute atomic E-state index is 0.00401. The Morgan fingerprint density at radius 2 is 1.93 bits per heavy atom. The highest BCUT2D eigenvalue weighted by Gasteiger charge is 2.35. The standard InChI is InChI=1S/C21H30N2O4/c24-20(26-15-7-9-17-8-6-13-22-16-17)19-12-4-5-14-23(19)21(25)27-18-10-2-1-3-11-18/h6,8,13,16,18-19H,1-5,7,9-12,14-15H2. The lowest BCUT2D eigenvalue weighted by Gasteiger charge is -2.34. The van der Waals surface area contributed by atoms with Crippen LogP contribution in [0.15, 0.2) is 24.5 Å². The monoisotopic (exact) mass is 374 g/mol. The highest BCUT2D eigenvalue weighted by molar-refractivity contribution is 5.81. The van der Waals surface area contributed by atoms with Crippen molar-refractivity contribution in [1.82, 2.24) is 9.88 Å². The molecule has 6 nitrogen and oxygen atoms in total. The van der Waals surface area contributed by atoms with Gasteiger partial charge in [0, 0.05) is 18.9 Å². The van der Waals surface area contributed by atoms with Crippen LogP contribution in [-0.4, -0.2) is 47.2 Å². The number of amides is 1. The molecule has 2 heterocycles. The lowest BCUT2D eigenvalue weighted by atomic mass is 9.98. The zero-order chi connectivity index (χ0) is 18.9. The second-order valence-electron chi connectivity index (χ2n) is 7.48. The van der Waals surface area contributed by atoms with Gasteiger partial charge in [-0.25, -0.2) is 9.59 Å². The van der Waals surface area contributed by atoms with Gasteiger partial charge in [0.1, 0.15) is 12.1 Å². The van der Waals surface area contributed by atoms with E-state index in [9.17, 15) is 9.59 Å². The molecule has 3 rings (SSSR count). The maximum Gasteiger partial charge on any atom is 0.410 e. The summed E-state index contributed by atoms with van der Waals surface area (Å²) < 4.78 is 11.1. The van der Waals surface area contributed by atoms with Gasteiger partial charge in [-0.2, -0.15) is 0 Å². The van der Waals surface area contributed by atoms with Gasteiger partial charge in [0.05, 0.1) is 6.61 Å². The molecule has 2 aliphatic rings. The summed E-state index contributed by atoms with van der Waals surface area (Å²) in [5.74, 6) is -0.304. The van der Waals surface area contributed by atoms with E-state index in [2.05, 4.69) is 4.98 Å². The number of carbonyl (C=O) groups excluding carboxylic acids is 2. The highest BCUT2D eigenvalue weighted by Crippen LogP contribution is 2.24. The van der Waals surface area contributed by atoms with Gasteiger partial charge in [0.15, 0.2) is 0 Å². The first kappa shape index (κ1) is 19.6. The Bertz CT molecular complexity index is 601. The first-order chi connectivity index (χ1) is 13.2. The Hall–Kier alpha value is -2.11. The van der Waals surface area contributed by atoms with Crippen molar-refractivity contribution in [2.75, 3.05) is 13.2 Å². The van der Waals surface area contributed by atoms with E-state index >= 15 is 0 Å². The SMILES string of the molecule is O=C(OCCCc1cccnc1)C1CCCCN1C(=O)OC1CCCCC1. The molecule has 27 heavy (non-hydrogen) atoms. The average Bonchev–Trinajstić information content (AvgIpc) is 2.72. The van der Waals surface area contributed by atoms with E-state index in [-0.39, 0.29) is 18.2 Å². The van der Waals surface area contributed by atoms with E-state index in [4.69, 9.17) is 9.47 Å². The Morgan fingerprint density at radius 3 is 2.70 bits per heavy atom. The van der Waals surface area contributed by atoms with Crippen molar-refractivity contribution in [3.05, 3.63) is 30.1 Å². The Balaban J connectivity index is 1.45. The van der Waals surface area contributed by atoms with Crippen molar-refractivity contribution in [3.63, 3.8) is 0 Å². The van der Waals surface area contributed by atoms with E-state index in [1.807, 2.05) is 18.3 Å². The van der Waals surface area contributed by atoms with Crippen molar-refractivity contribution in [2.45, 2.75) is 76.4 Å². The fourth-order valence-electron chi connectivity index (χ4n) is 3.88. The summed E-state index contributed by atoms with van der Waals surface area (Å²) in [5, 5.41) is 0. The predicted octanol–water partition coefficient (Wildman–Crippen LogP) is 3.88. The van der Waals surface area contributed by atoms with Crippen LogP contribution in [0.2, 0.25) is 0 Å². The van der Waals surface area contributed by atoms with E-state index in [0.29, 0.717) is 19.6 Å². The van der Waals surface area contributed by atoms with Gasteiger partial charge in [-0.3, -0.25) is 9.88 Å². The third-order valence-corrected chi connectivity index (χ3v) is 5.41. The first-order valence-electron chi connectivity index (χ1n) is 10.3. The maximum absolute atomic E-state index is 12.6. The van der Waals surface area contributed by atoms with Gasteiger partial charge >= 0.3 is 12.1 Å². The van der Waals surface area contributed by atoms with Crippen LogP contribution in [0.25, 0.3) is 0 Å². The number of pyridine rings is 1. The van der Waals surface area contributed by atoms with Crippen molar-refractivity contribution in [1.29, 1.82) is 0 Å². The number of hydrogen-bond acceptors (Lipinski definition) is 5. The molecule has 0 spiro atoms. The van der Waals surface area contributed by atoms with Gasteiger partial charge in [-0.1, -0.05) is 12.5 Å². The number of carbonyl (C=O) groups is 2. The third kappa shape index (κ3) is 5.94. The molecular weight excluding hydrogens is 344 g/mol.